The lowest BCUT2D eigenvalue weighted by Crippen LogP contribution is -2.57. The number of aromatic amines is 1. The fourth-order valence-corrected chi connectivity index (χ4v) is 4.36. The second-order valence-corrected chi connectivity index (χ2v) is 7.80. The second-order valence-electron chi connectivity index (χ2n) is 7.80. The first-order valence-electron chi connectivity index (χ1n) is 10.1. The van der Waals surface area contributed by atoms with E-state index in [1.807, 2.05) is 0 Å². The van der Waals surface area contributed by atoms with Gasteiger partial charge in [0.05, 0.1) is 31.1 Å². The molecule has 2 aliphatic rings. The molecule has 170 valence electrons. The molecular formula is C22H15FN6O5. The van der Waals surface area contributed by atoms with Crippen molar-refractivity contribution in [3.63, 3.8) is 0 Å². The Labute approximate surface area is 189 Å². The number of hydrogen-bond donors (Lipinski definition) is 3. The normalized spacial score (nSPS) is 19.5. The summed E-state index contributed by atoms with van der Waals surface area (Å²) in [5, 5.41) is 11.3. The van der Waals surface area contributed by atoms with Gasteiger partial charge in [-0.05, 0) is 23.8 Å². The Hall–Kier alpha value is -4.74. The van der Waals surface area contributed by atoms with Crippen LogP contribution in [0.25, 0.3) is 22.4 Å². The van der Waals surface area contributed by atoms with E-state index in [0.29, 0.717) is 22.4 Å². The summed E-state index contributed by atoms with van der Waals surface area (Å²) in [6.45, 7) is -0.145. The highest BCUT2D eigenvalue weighted by atomic mass is 19.1. The van der Waals surface area contributed by atoms with E-state index in [1.165, 1.54) is 25.3 Å². The highest BCUT2D eigenvalue weighted by Gasteiger charge is 2.59. The minimum atomic E-state index is -2.04. The fourth-order valence-electron chi connectivity index (χ4n) is 4.36. The van der Waals surface area contributed by atoms with E-state index >= 15 is 0 Å². The van der Waals surface area contributed by atoms with Crippen molar-refractivity contribution in [2.75, 3.05) is 7.11 Å². The van der Waals surface area contributed by atoms with Crippen molar-refractivity contribution in [1.82, 2.24) is 30.7 Å². The summed E-state index contributed by atoms with van der Waals surface area (Å²) in [4.78, 5) is 44.3. The Balaban J connectivity index is 1.49. The van der Waals surface area contributed by atoms with Crippen LogP contribution in [0.3, 0.4) is 0 Å². The topological polar surface area (TPSA) is 142 Å². The molecule has 3 aromatic heterocycles. The molecule has 11 nitrogen and oxygen atoms in total. The smallest absolute Gasteiger partial charge is 0.324 e. The number of carbonyl (C=O) groups excluding carboxylic acids is 3. The zero-order valence-electron chi connectivity index (χ0n) is 17.5. The maximum atomic E-state index is 14.9. The van der Waals surface area contributed by atoms with Gasteiger partial charge in [-0.1, -0.05) is 6.07 Å². The maximum absolute atomic E-state index is 14.9. The van der Waals surface area contributed by atoms with Gasteiger partial charge in [0.25, 0.3) is 17.5 Å². The van der Waals surface area contributed by atoms with E-state index in [9.17, 15) is 18.8 Å². The van der Waals surface area contributed by atoms with Crippen LogP contribution in [-0.2, 0) is 17.0 Å². The van der Waals surface area contributed by atoms with Gasteiger partial charge >= 0.3 is 6.03 Å². The Morgan fingerprint density at radius 2 is 2.06 bits per heavy atom. The number of hydrogen-bond acceptors (Lipinski definition) is 7. The first kappa shape index (κ1) is 19.9. The number of nitrogens with zero attached hydrogens (tertiary/aromatic N) is 3. The summed E-state index contributed by atoms with van der Waals surface area (Å²) < 4.78 is 25.8. The average molecular weight is 462 g/mol. The lowest BCUT2D eigenvalue weighted by Gasteiger charge is -2.33. The molecule has 34 heavy (non-hydrogen) atoms. The molecule has 12 heteroatoms. The van der Waals surface area contributed by atoms with Gasteiger partial charge in [0.1, 0.15) is 5.52 Å². The second kappa shape index (κ2) is 6.88. The van der Waals surface area contributed by atoms with E-state index in [2.05, 4.69) is 25.8 Å². The molecule has 1 atom stereocenters. The number of imide groups is 1. The third kappa shape index (κ3) is 2.59. The van der Waals surface area contributed by atoms with E-state index in [0.717, 1.165) is 10.5 Å². The van der Waals surface area contributed by atoms with Gasteiger partial charge in [-0.3, -0.25) is 24.9 Å². The summed E-state index contributed by atoms with van der Waals surface area (Å²) in [5.74, 6) is -2.63. The van der Waals surface area contributed by atoms with Crippen molar-refractivity contribution >= 4 is 28.9 Å². The summed E-state index contributed by atoms with van der Waals surface area (Å²) in [5.41, 5.74) is 0.120. The van der Waals surface area contributed by atoms with E-state index in [1.54, 1.807) is 24.5 Å². The molecule has 4 amide bonds. The molecule has 4 aromatic rings. The molecule has 3 N–H and O–H groups in total. The number of H-pyrrole nitrogens is 1. The summed E-state index contributed by atoms with van der Waals surface area (Å²) in [6.07, 6.45) is 3.27. The summed E-state index contributed by atoms with van der Waals surface area (Å²) in [6, 6.07) is 6.94. The van der Waals surface area contributed by atoms with Crippen molar-refractivity contribution in [2.24, 2.45) is 0 Å². The molecule has 1 aromatic carbocycles. The first-order chi connectivity index (χ1) is 16.4. The molecular weight excluding hydrogens is 447 g/mol. The minimum absolute atomic E-state index is 0.0452. The van der Waals surface area contributed by atoms with Crippen LogP contribution in [0.4, 0.5) is 9.18 Å². The lowest BCUT2D eigenvalue weighted by molar-refractivity contribution is -0.131. The number of rotatable bonds is 4. The Morgan fingerprint density at radius 3 is 2.76 bits per heavy atom. The number of urea groups is 1. The van der Waals surface area contributed by atoms with Crippen LogP contribution in [0.2, 0.25) is 0 Å². The summed E-state index contributed by atoms with van der Waals surface area (Å²) in [7, 11) is 1.29. The first-order valence-corrected chi connectivity index (χ1v) is 10.1. The number of benzene rings is 1. The Bertz CT molecular complexity index is 1510. The molecule has 0 aliphatic carbocycles. The van der Waals surface area contributed by atoms with Crippen LogP contribution in [0.1, 0.15) is 21.7 Å². The van der Waals surface area contributed by atoms with Crippen molar-refractivity contribution in [1.29, 1.82) is 0 Å². The quantitative estimate of drug-likeness (QED) is 0.394. The van der Waals surface area contributed by atoms with Crippen LogP contribution in [0, 0.1) is 5.82 Å². The number of furan rings is 1. The van der Waals surface area contributed by atoms with Gasteiger partial charge in [0, 0.05) is 17.8 Å². The van der Waals surface area contributed by atoms with Crippen LogP contribution in [0.5, 0.6) is 5.75 Å². The van der Waals surface area contributed by atoms with Crippen molar-refractivity contribution < 1.29 is 27.9 Å². The van der Waals surface area contributed by atoms with Gasteiger partial charge in [-0.25, -0.2) is 14.2 Å². The molecule has 6 rings (SSSR count). The van der Waals surface area contributed by atoms with Crippen LogP contribution < -0.4 is 15.4 Å². The summed E-state index contributed by atoms with van der Waals surface area (Å²) >= 11 is 0. The lowest BCUT2D eigenvalue weighted by atomic mass is 10.0. The highest BCUT2D eigenvalue weighted by molar-refractivity contribution is 6.11. The third-order valence-corrected chi connectivity index (χ3v) is 5.98. The monoisotopic (exact) mass is 462 g/mol. The van der Waals surface area contributed by atoms with Crippen LogP contribution >= 0.6 is 0 Å². The zero-order valence-corrected chi connectivity index (χ0v) is 17.5. The molecule has 0 spiro atoms. The van der Waals surface area contributed by atoms with Crippen LogP contribution in [-0.4, -0.2) is 45.0 Å². The highest BCUT2D eigenvalue weighted by Crippen LogP contribution is 2.40. The fraction of sp³-hybridized carbons (Fsp3) is 0.136. The number of pyridine rings is 1. The van der Waals surface area contributed by atoms with E-state index < -0.39 is 29.3 Å². The minimum Gasteiger partial charge on any atom is -0.494 e. The molecule has 0 bridgehead atoms. The molecule has 0 saturated carbocycles. The number of fused-ring (bicyclic) bond motifs is 2. The maximum Gasteiger partial charge on any atom is 0.324 e. The Morgan fingerprint density at radius 1 is 1.21 bits per heavy atom. The molecule has 0 radical (unpaired) electrons. The third-order valence-electron chi connectivity index (χ3n) is 5.98. The number of halogens is 1. The number of methoxy groups -OCH3 is 1. The number of nitrogens with one attached hydrogen (secondary N) is 3. The largest absolute Gasteiger partial charge is 0.494 e. The number of aromatic nitrogens is 3. The number of amides is 4. The van der Waals surface area contributed by atoms with Gasteiger partial charge < -0.3 is 14.5 Å². The van der Waals surface area contributed by atoms with Crippen LogP contribution in [0.15, 0.2) is 47.1 Å². The number of ether oxygens (including phenoxy) is 1. The van der Waals surface area contributed by atoms with Crippen molar-refractivity contribution in [3.8, 4) is 17.0 Å². The van der Waals surface area contributed by atoms with Gasteiger partial charge in [0.15, 0.2) is 22.9 Å². The molecule has 5 heterocycles. The Kier molecular flexibility index (Phi) is 4.03. The van der Waals surface area contributed by atoms with Crippen molar-refractivity contribution in [3.05, 3.63) is 65.4 Å². The predicted molar refractivity (Wildman–Crippen MR) is 113 cm³/mol. The SMILES string of the molecule is COc1ccc2c(c1F)C(=O)N([C@@]1(c3cc4nc(-c5cn[nH]c5)ccc4o3)NC(=O)NC1=O)C2. The molecule has 0 unspecified atom stereocenters. The van der Waals surface area contributed by atoms with Crippen molar-refractivity contribution in [2.45, 2.75) is 12.2 Å². The standard InChI is InChI=1S/C22H15FN6O5/c1-33-15-4-2-10-9-29(19(30)17(10)18(15)23)22(20(31)27-21(32)28-22)16-6-13-14(34-16)5-3-12(26-13)11-7-24-25-8-11/h2-8H,9H2,1H3,(H,24,25)(H2,27,28,31,32)/t22-/m1/s1. The van der Waals surface area contributed by atoms with E-state index in [-0.39, 0.29) is 23.6 Å². The molecule has 2 aliphatic heterocycles. The molecule has 1 fully saturated rings. The van der Waals surface area contributed by atoms with Gasteiger partial charge in [-0.15, -0.1) is 0 Å². The predicted octanol–water partition coefficient (Wildman–Crippen LogP) is 2.01. The van der Waals surface area contributed by atoms with Gasteiger partial charge in [0.2, 0.25) is 0 Å². The van der Waals surface area contributed by atoms with Gasteiger partial charge in [-0.2, -0.15) is 5.10 Å². The number of carbonyl (C=O) groups is 3. The average Bonchev–Trinajstić information content (AvgIpc) is 3.59. The van der Waals surface area contributed by atoms with E-state index in [4.69, 9.17) is 9.15 Å². The zero-order chi connectivity index (χ0) is 23.6. The molecule has 1 saturated heterocycles.